The molecule has 40 heavy (non-hydrogen) atoms. The summed E-state index contributed by atoms with van der Waals surface area (Å²) >= 11 is 6.32. The van der Waals surface area contributed by atoms with Crippen molar-refractivity contribution in [1.82, 2.24) is 24.7 Å². The second-order valence-electron chi connectivity index (χ2n) is 9.87. The van der Waals surface area contributed by atoms with Crippen molar-refractivity contribution in [2.45, 2.75) is 20.0 Å². The molecule has 0 radical (unpaired) electrons. The van der Waals surface area contributed by atoms with Crippen molar-refractivity contribution in [3.05, 3.63) is 101 Å². The third-order valence-corrected chi connectivity index (χ3v) is 7.62. The highest BCUT2D eigenvalue weighted by Crippen LogP contribution is 2.38. The molecule has 196 valence electrons. The fourth-order valence-corrected chi connectivity index (χ4v) is 5.65. The number of fused-ring (bicyclic) bond motifs is 4. The van der Waals surface area contributed by atoms with Crippen LogP contribution in [0.25, 0.3) is 44.5 Å². The fraction of sp³-hybridized carbons (Fsp3) is 0.129. The Morgan fingerprint density at radius 3 is 2.65 bits per heavy atom. The minimum absolute atomic E-state index is 0.389. The van der Waals surface area contributed by atoms with Gasteiger partial charge in [-0.05, 0) is 41.8 Å². The van der Waals surface area contributed by atoms with E-state index in [1.165, 1.54) is 0 Å². The molecule has 0 aliphatic carbocycles. The van der Waals surface area contributed by atoms with Gasteiger partial charge in [-0.1, -0.05) is 66.2 Å². The normalized spacial score (nSPS) is 13.1. The maximum absolute atomic E-state index is 6.32. The molecular formula is C31H25ClN8. The topological polar surface area (TPSA) is 107 Å². The first-order valence-corrected chi connectivity index (χ1v) is 13.5. The van der Waals surface area contributed by atoms with E-state index in [1.807, 2.05) is 66.9 Å². The van der Waals surface area contributed by atoms with Crippen LogP contribution in [0.15, 0.2) is 84.0 Å². The Morgan fingerprint density at radius 2 is 1.77 bits per heavy atom. The Kier molecular flexibility index (Phi) is 5.90. The van der Waals surface area contributed by atoms with E-state index in [0.29, 0.717) is 17.3 Å². The fourth-order valence-electron chi connectivity index (χ4n) is 5.45. The van der Waals surface area contributed by atoms with Crippen LogP contribution in [0.5, 0.6) is 0 Å². The number of nitrogen functional groups attached to an aromatic ring is 1. The van der Waals surface area contributed by atoms with Crippen LogP contribution in [0.1, 0.15) is 11.1 Å². The molecule has 8 nitrogen and oxygen atoms in total. The first-order chi connectivity index (χ1) is 19.6. The van der Waals surface area contributed by atoms with E-state index in [2.05, 4.69) is 44.1 Å². The van der Waals surface area contributed by atoms with Gasteiger partial charge in [0.2, 0.25) is 5.62 Å². The maximum Gasteiger partial charge on any atom is 0.246 e. The quantitative estimate of drug-likeness (QED) is 0.274. The van der Waals surface area contributed by atoms with Crippen LogP contribution in [-0.2, 0) is 13.1 Å². The predicted molar refractivity (Wildman–Crippen MR) is 159 cm³/mol. The number of nitrogens with zero attached hydrogens (tertiary/aromatic N) is 6. The molecule has 4 heterocycles. The summed E-state index contributed by atoms with van der Waals surface area (Å²) < 4.78 is 2.21. The molecule has 3 aromatic carbocycles. The zero-order valence-electron chi connectivity index (χ0n) is 21.8. The number of aromatic nitrogens is 5. The van der Waals surface area contributed by atoms with Crippen molar-refractivity contribution in [2.24, 2.45) is 4.99 Å². The number of rotatable bonds is 4. The van der Waals surface area contributed by atoms with Crippen LogP contribution < -0.4 is 16.7 Å². The summed E-state index contributed by atoms with van der Waals surface area (Å²) in [7, 11) is 0. The SMILES string of the molecule is Cc1cc(N)ccc1-c1cc2cnc(=NCc3ccccc3-c3nnc(Cl)c4ccccc34)nc-2n2c1NCC2. The Labute approximate surface area is 235 Å². The van der Waals surface area contributed by atoms with E-state index in [9.17, 15) is 0 Å². The summed E-state index contributed by atoms with van der Waals surface area (Å²) in [5.74, 6) is 1.90. The number of benzene rings is 3. The number of aryl methyl sites for hydroxylation is 1. The first kappa shape index (κ1) is 24.2. The number of pyridine rings is 1. The smallest absolute Gasteiger partial charge is 0.246 e. The Bertz CT molecular complexity index is 1960. The Balaban J connectivity index is 1.30. The average molecular weight is 545 g/mol. The number of hydrogen-bond acceptors (Lipinski definition) is 7. The molecule has 1 aromatic heterocycles. The van der Waals surface area contributed by atoms with Crippen molar-refractivity contribution in [1.29, 1.82) is 0 Å². The number of anilines is 2. The molecule has 0 saturated carbocycles. The third-order valence-electron chi connectivity index (χ3n) is 7.34. The van der Waals surface area contributed by atoms with E-state index in [1.54, 1.807) is 0 Å². The molecule has 7 rings (SSSR count). The van der Waals surface area contributed by atoms with Gasteiger partial charge >= 0.3 is 0 Å². The van der Waals surface area contributed by atoms with E-state index >= 15 is 0 Å². The van der Waals surface area contributed by atoms with Gasteiger partial charge in [0.25, 0.3) is 0 Å². The lowest BCUT2D eigenvalue weighted by molar-refractivity contribution is 0.774. The Hall–Kier alpha value is -4.82. The lowest BCUT2D eigenvalue weighted by Crippen LogP contribution is -2.18. The molecule has 0 bridgehead atoms. The molecule has 0 saturated heterocycles. The van der Waals surface area contributed by atoms with Crippen molar-refractivity contribution < 1.29 is 0 Å². The molecule has 9 heteroatoms. The lowest BCUT2D eigenvalue weighted by atomic mass is 9.98. The van der Waals surface area contributed by atoms with Gasteiger partial charge in [0.1, 0.15) is 17.3 Å². The number of nitrogens with one attached hydrogen (secondary N) is 1. The molecule has 3 aliphatic rings. The predicted octanol–water partition coefficient (Wildman–Crippen LogP) is 5.73. The minimum atomic E-state index is 0.389. The zero-order valence-corrected chi connectivity index (χ0v) is 22.5. The van der Waals surface area contributed by atoms with Gasteiger partial charge in [0, 0.05) is 52.4 Å². The minimum Gasteiger partial charge on any atom is -0.399 e. The molecule has 0 spiro atoms. The van der Waals surface area contributed by atoms with Crippen LogP contribution in [0.2, 0.25) is 5.15 Å². The second kappa shape index (κ2) is 9.73. The molecule has 0 atom stereocenters. The van der Waals surface area contributed by atoms with Crippen LogP contribution >= 0.6 is 11.6 Å². The van der Waals surface area contributed by atoms with E-state index in [4.69, 9.17) is 27.3 Å². The molecule has 0 fully saturated rings. The van der Waals surface area contributed by atoms with Gasteiger partial charge in [0.15, 0.2) is 5.15 Å². The van der Waals surface area contributed by atoms with Gasteiger partial charge in [-0.15, -0.1) is 10.2 Å². The second-order valence-corrected chi connectivity index (χ2v) is 10.2. The van der Waals surface area contributed by atoms with E-state index in [0.717, 1.165) is 80.3 Å². The van der Waals surface area contributed by atoms with Crippen LogP contribution in [0.3, 0.4) is 0 Å². The third kappa shape index (κ3) is 4.13. The van der Waals surface area contributed by atoms with Gasteiger partial charge < -0.3 is 15.6 Å². The highest BCUT2D eigenvalue weighted by Gasteiger charge is 2.23. The summed E-state index contributed by atoms with van der Waals surface area (Å²) in [5.41, 5.74) is 14.3. The number of halogens is 1. The monoisotopic (exact) mass is 544 g/mol. The molecule has 0 amide bonds. The molecular weight excluding hydrogens is 520 g/mol. The molecule has 4 aromatic rings. The van der Waals surface area contributed by atoms with Crippen molar-refractivity contribution >= 4 is 33.9 Å². The van der Waals surface area contributed by atoms with Crippen molar-refractivity contribution in [3.8, 4) is 33.8 Å². The average Bonchev–Trinajstić information content (AvgIpc) is 3.47. The summed E-state index contributed by atoms with van der Waals surface area (Å²) in [5, 5.41) is 14.4. The van der Waals surface area contributed by atoms with Gasteiger partial charge in [0.05, 0.1) is 6.54 Å². The van der Waals surface area contributed by atoms with Crippen LogP contribution in [0.4, 0.5) is 11.5 Å². The molecule has 0 unspecified atom stereocenters. The first-order valence-electron chi connectivity index (χ1n) is 13.1. The highest BCUT2D eigenvalue weighted by molar-refractivity contribution is 6.34. The van der Waals surface area contributed by atoms with Gasteiger partial charge in [-0.3, -0.25) is 0 Å². The van der Waals surface area contributed by atoms with Gasteiger partial charge in [-0.25, -0.2) is 9.98 Å². The summed E-state index contributed by atoms with van der Waals surface area (Å²) in [6.07, 6.45) is 1.85. The van der Waals surface area contributed by atoms with E-state index < -0.39 is 0 Å². The summed E-state index contributed by atoms with van der Waals surface area (Å²) in [6.45, 7) is 4.13. The molecule has 3 aliphatic heterocycles. The van der Waals surface area contributed by atoms with Crippen molar-refractivity contribution in [3.63, 3.8) is 0 Å². The van der Waals surface area contributed by atoms with Gasteiger partial charge in [-0.2, -0.15) is 4.98 Å². The lowest BCUT2D eigenvalue weighted by Gasteiger charge is -2.18. The summed E-state index contributed by atoms with van der Waals surface area (Å²) in [6, 6.07) is 24.1. The number of hydrogen-bond donors (Lipinski definition) is 2. The van der Waals surface area contributed by atoms with E-state index in [-0.39, 0.29) is 0 Å². The van der Waals surface area contributed by atoms with Crippen LogP contribution in [0, 0.1) is 6.92 Å². The maximum atomic E-state index is 6.32. The van der Waals surface area contributed by atoms with Crippen LogP contribution in [-0.4, -0.2) is 31.3 Å². The Morgan fingerprint density at radius 1 is 0.950 bits per heavy atom. The largest absolute Gasteiger partial charge is 0.399 e. The zero-order chi connectivity index (χ0) is 27.2. The number of nitrogens with two attached hydrogens (primary N) is 1. The standard InChI is InChI=1S/C31H25ClN8/c1-18-14-21(33)10-11-22(18)26-15-20-17-36-31(37-29(20)40-13-12-34-30(26)40)35-16-19-6-2-3-7-23(19)27-24-8-4-5-9-25(24)28(32)39-38-27/h2-11,14-15,17,34H,12-13,16,33H2,1H3. The summed E-state index contributed by atoms with van der Waals surface area (Å²) in [4.78, 5) is 14.3. The molecule has 3 N–H and O–H groups in total. The van der Waals surface area contributed by atoms with Crippen molar-refractivity contribution in [2.75, 3.05) is 17.6 Å². The highest BCUT2D eigenvalue weighted by atomic mass is 35.5.